The van der Waals surface area contributed by atoms with Crippen LogP contribution in [-0.2, 0) is 0 Å². The van der Waals surface area contributed by atoms with Crippen molar-refractivity contribution < 1.29 is 0 Å². The van der Waals surface area contributed by atoms with Gasteiger partial charge in [-0.25, -0.2) is 0 Å². The third-order valence-corrected chi connectivity index (χ3v) is 3.00. The second-order valence-electron chi connectivity index (χ2n) is 4.28. The van der Waals surface area contributed by atoms with Gasteiger partial charge in [0.25, 0.3) is 0 Å². The van der Waals surface area contributed by atoms with Crippen molar-refractivity contribution in [2.45, 2.75) is 25.7 Å². The van der Waals surface area contributed by atoms with Crippen molar-refractivity contribution >= 4 is 5.69 Å². The zero-order valence-electron chi connectivity index (χ0n) is 8.88. The fraction of sp³-hybridized carbons (Fsp3) is 0.500. The lowest BCUT2D eigenvalue weighted by molar-refractivity contribution is 0.766. The van der Waals surface area contributed by atoms with Crippen LogP contribution in [0.2, 0.25) is 0 Å². The molecule has 76 valence electrons. The predicted molar refractivity (Wildman–Crippen MR) is 60.8 cm³/mol. The SMILES string of the molecule is CC(C)c1cccc2c1NCC2CN. The number of fused-ring (bicyclic) bond motifs is 1. The predicted octanol–water partition coefficient (Wildman–Crippen LogP) is 2.28. The quantitative estimate of drug-likeness (QED) is 0.750. The molecule has 2 heteroatoms. The molecule has 1 unspecified atom stereocenters. The van der Waals surface area contributed by atoms with E-state index in [2.05, 4.69) is 37.4 Å². The van der Waals surface area contributed by atoms with E-state index >= 15 is 0 Å². The molecule has 1 aliphatic rings. The van der Waals surface area contributed by atoms with E-state index in [1.165, 1.54) is 16.8 Å². The number of anilines is 1. The van der Waals surface area contributed by atoms with Crippen molar-refractivity contribution in [2.75, 3.05) is 18.4 Å². The van der Waals surface area contributed by atoms with E-state index in [-0.39, 0.29) is 0 Å². The van der Waals surface area contributed by atoms with E-state index < -0.39 is 0 Å². The van der Waals surface area contributed by atoms with Gasteiger partial charge in [-0.1, -0.05) is 32.0 Å². The summed E-state index contributed by atoms with van der Waals surface area (Å²) in [6, 6.07) is 6.54. The lowest BCUT2D eigenvalue weighted by Crippen LogP contribution is -2.13. The highest BCUT2D eigenvalue weighted by atomic mass is 14.9. The molecule has 1 aromatic rings. The van der Waals surface area contributed by atoms with Crippen LogP contribution in [0.15, 0.2) is 18.2 Å². The smallest absolute Gasteiger partial charge is 0.0412 e. The fourth-order valence-corrected chi connectivity index (χ4v) is 2.16. The van der Waals surface area contributed by atoms with Gasteiger partial charge in [0.05, 0.1) is 0 Å². The van der Waals surface area contributed by atoms with Gasteiger partial charge in [0, 0.05) is 24.7 Å². The molecular formula is C12H18N2. The Hall–Kier alpha value is -1.02. The minimum Gasteiger partial charge on any atom is -0.384 e. The first-order valence-electron chi connectivity index (χ1n) is 5.30. The molecule has 1 atom stereocenters. The van der Waals surface area contributed by atoms with Crippen LogP contribution in [0.1, 0.15) is 36.8 Å². The lowest BCUT2D eigenvalue weighted by atomic mass is 9.94. The molecule has 0 amide bonds. The van der Waals surface area contributed by atoms with E-state index in [1.54, 1.807) is 0 Å². The third-order valence-electron chi connectivity index (χ3n) is 3.00. The molecule has 0 saturated heterocycles. The van der Waals surface area contributed by atoms with Crippen molar-refractivity contribution in [3.8, 4) is 0 Å². The maximum absolute atomic E-state index is 5.73. The van der Waals surface area contributed by atoms with Gasteiger partial charge in [-0.2, -0.15) is 0 Å². The molecule has 1 aliphatic heterocycles. The standard InChI is InChI=1S/C12H18N2/c1-8(2)10-4-3-5-11-9(6-13)7-14-12(10)11/h3-5,8-9,14H,6-7,13H2,1-2H3. The van der Waals surface area contributed by atoms with Crippen molar-refractivity contribution in [1.29, 1.82) is 0 Å². The maximum Gasteiger partial charge on any atom is 0.0412 e. The Balaban J connectivity index is 2.44. The fourth-order valence-electron chi connectivity index (χ4n) is 2.16. The molecule has 0 saturated carbocycles. The molecular weight excluding hydrogens is 172 g/mol. The number of benzene rings is 1. The van der Waals surface area contributed by atoms with Gasteiger partial charge in [0.2, 0.25) is 0 Å². The molecule has 1 aromatic carbocycles. The van der Waals surface area contributed by atoms with Crippen molar-refractivity contribution in [2.24, 2.45) is 5.73 Å². The Labute approximate surface area is 85.5 Å². The van der Waals surface area contributed by atoms with Crippen molar-refractivity contribution in [3.05, 3.63) is 29.3 Å². The van der Waals surface area contributed by atoms with E-state index in [0.717, 1.165) is 13.1 Å². The number of rotatable bonds is 2. The molecule has 3 N–H and O–H groups in total. The average molecular weight is 190 g/mol. The molecule has 0 bridgehead atoms. The minimum atomic E-state index is 0.503. The highest BCUT2D eigenvalue weighted by Gasteiger charge is 2.23. The third kappa shape index (κ3) is 1.40. The molecule has 0 radical (unpaired) electrons. The summed E-state index contributed by atoms with van der Waals surface area (Å²) in [6.07, 6.45) is 0. The molecule has 0 aromatic heterocycles. The summed E-state index contributed by atoms with van der Waals surface area (Å²) >= 11 is 0. The second-order valence-corrected chi connectivity index (χ2v) is 4.28. The summed E-state index contributed by atoms with van der Waals surface area (Å²) in [7, 11) is 0. The molecule has 14 heavy (non-hydrogen) atoms. The summed E-state index contributed by atoms with van der Waals surface area (Å²) < 4.78 is 0. The number of hydrogen-bond donors (Lipinski definition) is 2. The monoisotopic (exact) mass is 190 g/mol. The average Bonchev–Trinajstić information content (AvgIpc) is 2.59. The largest absolute Gasteiger partial charge is 0.384 e. The first-order chi connectivity index (χ1) is 6.74. The summed E-state index contributed by atoms with van der Waals surface area (Å²) in [5.41, 5.74) is 9.88. The van der Waals surface area contributed by atoms with Crippen molar-refractivity contribution in [1.82, 2.24) is 0 Å². The normalized spacial score (nSPS) is 19.6. The summed E-state index contributed by atoms with van der Waals surface area (Å²) in [4.78, 5) is 0. The highest BCUT2D eigenvalue weighted by Crippen LogP contribution is 2.36. The van der Waals surface area contributed by atoms with Crippen LogP contribution in [0.5, 0.6) is 0 Å². The first-order valence-corrected chi connectivity index (χ1v) is 5.30. The zero-order valence-corrected chi connectivity index (χ0v) is 8.88. The van der Waals surface area contributed by atoms with Gasteiger partial charge < -0.3 is 11.1 Å². The van der Waals surface area contributed by atoms with E-state index in [9.17, 15) is 0 Å². The summed E-state index contributed by atoms with van der Waals surface area (Å²) in [6.45, 7) is 6.19. The van der Waals surface area contributed by atoms with Gasteiger partial charge in [0.1, 0.15) is 0 Å². The lowest BCUT2D eigenvalue weighted by Gasteiger charge is -2.12. The zero-order chi connectivity index (χ0) is 10.1. The maximum atomic E-state index is 5.73. The number of para-hydroxylation sites is 1. The van der Waals surface area contributed by atoms with Crippen LogP contribution in [0, 0.1) is 0 Å². The van der Waals surface area contributed by atoms with Gasteiger partial charge in [-0.15, -0.1) is 0 Å². The highest BCUT2D eigenvalue weighted by molar-refractivity contribution is 5.64. The molecule has 1 heterocycles. The topological polar surface area (TPSA) is 38.0 Å². The van der Waals surface area contributed by atoms with Gasteiger partial charge >= 0.3 is 0 Å². The summed E-state index contributed by atoms with van der Waals surface area (Å²) in [5, 5.41) is 3.47. The molecule has 0 fully saturated rings. The number of nitrogens with one attached hydrogen (secondary N) is 1. The number of nitrogens with two attached hydrogens (primary N) is 1. The summed E-state index contributed by atoms with van der Waals surface area (Å²) in [5.74, 6) is 1.08. The van der Waals surface area contributed by atoms with E-state index in [1.807, 2.05) is 0 Å². The van der Waals surface area contributed by atoms with Crippen LogP contribution < -0.4 is 11.1 Å². The van der Waals surface area contributed by atoms with Crippen molar-refractivity contribution in [3.63, 3.8) is 0 Å². The number of hydrogen-bond acceptors (Lipinski definition) is 2. The Morgan fingerprint density at radius 3 is 2.93 bits per heavy atom. The minimum absolute atomic E-state index is 0.503. The Bertz CT molecular complexity index is 331. The van der Waals surface area contributed by atoms with Crippen LogP contribution in [0.3, 0.4) is 0 Å². The Kier molecular flexibility index (Phi) is 2.46. The molecule has 2 rings (SSSR count). The van der Waals surface area contributed by atoms with Gasteiger partial charge in [-0.3, -0.25) is 0 Å². The Morgan fingerprint density at radius 1 is 1.50 bits per heavy atom. The van der Waals surface area contributed by atoms with Crippen LogP contribution in [0.4, 0.5) is 5.69 Å². The van der Waals surface area contributed by atoms with E-state index in [4.69, 9.17) is 5.73 Å². The van der Waals surface area contributed by atoms with Crippen LogP contribution >= 0.6 is 0 Å². The second kappa shape index (κ2) is 3.62. The van der Waals surface area contributed by atoms with Gasteiger partial charge in [0.15, 0.2) is 0 Å². The Morgan fingerprint density at radius 2 is 2.29 bits per heavy atom. The molecule has 2 nitrogen and oxygen atoms in total. The van der Waals surface area contributed by atoms with Crippen LogP contribution in [-0.4, -0.2) is 13.1 Å². The first kappa shape index (κ1) is 9.53. The van der Waals surface area contributed by atoms with E-state index in [0.29, 0.717) is 11.8 Å². The van der Waals surface area contributed by atoms with Gasteiger partial charge in [-0.05, 0) is 17.0 Å². The molecule has 0 aliphatic carbocycles. The van der Waals surface area contributed by atoms with Crippen LogP contribution in [0.25, 0.3) is 0 Å². The molecule has 0 spiro atoms.